The molecule has 1 unspecified atom stereocenters. The lowest BCUT2D eigenvalue weighted by molar-refractivity contribution is -0.115. The number of amides is 1. The summed E-state index contributed by atoms with van der Waals surface area (Å²) in [6, 6.07) is 33.5. The van der Waals surface area contributed by atoms with Crippen LogP contribution in [-0.4, -0.2) is 99.4 Å². The van der Waals surface area contributed by atoms with E-state index < -0.39 is 0 Å². The molecule has 4 aromatic carbocycles. The van der Waals surface area contributed by atoms with E-state index in [1.807, 2.05) is 36.0 Å². The van der Waals surface area contributed by atoms with Crippen LogP contribution < -0.4 is 15.5 Å². The zero-order valence-corrected chi connectivity index (χ0v) is 35.6. The molecule has 2 atom stereocenters. The SMILES string of the molecule is Cc1cc(CNC(=O)c2ccc(N3CCN(CC4=C(c5ccc(Cl)cc5)CCC(C)(C=O)C4)CC3)cc2)ccc1N[C@H](CCN1CCOCC1)CSc1ccccc1. The molecule has 3 aliphatic rings. The quantitative estimate of drug-likeness (QED) is 0.0859. The number of hydrogen-bond acceptors (Lipinski definition) is 8. The number of allylic oxidation sites excluding steroid dienone is 1. The molecule has 0 spiro atoms. The number of carbonyl (C=O) groups excluding carboxylic acids is 2. The van der Waals surface area contributed by atoms with Crippen molar-refractivity contribution in [3.8, 4) is 0 Å². The van der Waals surface area contributed by atoms with E-state index in [-0.39, 0.29) is 11.3 Å². The van der Waals surface area contributed by atoms with Gasteiger partial charge in [-0.05, 0) is 109 Å². The third-order valence-electron chi connectivity index (χ3n) is 11.9. The standard InChI is InChI=1S/C48H58ClN5O3S/c1-36-30-37(8-17-46(36)51-42(19-21-52-26-28-57-29-27-52)34-58-44-6-4-3-5-7-44)32-50-47(56)39-11-15-43(16-12-39)54-24-22-53(23-25-54)33-40-31-48(2,35-55)20-18-45(40)38-9-13-41(49)14-10-38/h3-17,30,35,42,51H,18-29,31-34H2,1-2H3,(H,50,56)/t42-,48?/m1/s1. The zero-order chi connectivity index (χ0) is 40.3. The summed E-state index contributed by atoms with van der Waals surface area (Å²) in [6.07, 6.45) is 4.78. The summed E-state index contributed by atoms with van der Waals surface area (Å²) in [5.41, 5.74) is 8.82. The van der Waals surface area contributed by atoms with E-state index in [1.165, 1.54) is 27.2 Å². The predicted molar refractivity (Wildman–Crippen MR) is 240 cm³/mol. The van der Waals surface area contributed by atoms with Crippen molar-refractivity contribution in [3.63, 3.8) is 0 Å². The Bertz CT molecular complexity index is 2000. The number of piperazine rings is 1. The Labute approximate surface area is 354 Å². The normalized spacial score (nSPS) is 19.8. The van der Waals surface area contributed by atoms with Gasteiger partial charge in [0.15, 0.2) is 0 Å². The topological polar surface area (TPSA) is 77.2 Å². The molecule has 4 aromatic rings. The number of nitrogens with one attached hydrogen (secondary N) is 2. The second kappa shape index (κ2) is 20.2. The van der Waals surface area contributed by atoms with E-state index in [4.69, 9.17) is 16.3 Å². The Morgan fingerprint density at radius 2 is 1.66 bits per heavy atom. The van der Waals surface area contributed by atoms with E-state index in [2.05, 4.69) is 112 Å². The van der Waals surface area contributed by atoms with Gasteiger partial charge in [-0.3, -0.25) is 14.6 Å². The van der Waals surface area contributed by atoms with E-state index >= 15 is 0 Å². The third kappa shape index (κ3) is 11.5. The fourth-order valence-electron chi connectivity index (χ4n) is 8.35. The Kier molecular flexibility index (Phi) is 14.7. The van der Waals surface area contributed by atoms with Crippen LogP contribution in [0.1, 0.15) is 59.7 Å². The van der Waals surface area contributed by atoms with Crippen LogP contribution in [0.2, 0.25) is 5.02 Å². The number of anilines is 2. The molecule has 2 aliphatic heterocycles. The fourth-order valence-corrected chi connectivity index (χ4v) is 9.47. The maximum absolute atomic E-state index is 13.2. The van der Waals surface area contributed by atoms with Crippen LogP contribution >= 0.6 is 23.4 Å². The van der Waals surface area contributed by atoms with Crippen molar-refractivity contribution in [1.29, 1.82) is 0 Å². The van der Waals surface area contributed by atoms with Gasteiger partial charge in [-0.15, -0.1) is 11.8 Å². The lowest BCUT2D eigenvalue weighted by Crippen LogP contribution is -2.47. The van der Waals surface area contributed by atoms with E-state index in [0.29, 0.717) is 18.2 Å². The fraction of sp³-hybridized carbons (Fsp3) is 0.417. The van der Waals surface area contributed by atoms with Crippen LogP contribution in [0.4, 0.5) is 11.4 Å². The third-order valence-corrected chi connectivity index (χ3v) is 13.4. The number of benzene rings is 4. The molecule has 2 saturated heterocycles. The largest absolute Gasteiger partial charge is 0.381 e. The van der Waals surface area contributed by atoms with Crippen LogP contribution in [0, 0.1) is 12.3 Å². The molecular weight excluding hydrogens is 762 g/mol. The molecule has 1 aliphatic carbocycles. The summed E-state index contributed by atoms with van der Waals surface area (Å²) in [6.45, 7) is 13.9. The molecule has 306 valence electrons. The first-order chi connectivity index (χ1) is 28.2. The first-order valence-electron chi connectivity index (χ1n) is 20.9. The Balaban J connectivity index is 0.895. The highest BCUT2D eigenvalue weighted by Crippen LogP contribution is 2.42. The van der Waals surface area contributed by atoms with E-state index in [9.17, 15) is 9.59 Å². The van der Waals surface area contributed by atoms with Crippen molar-refractivity contribution < 1.29 is 14.3 Å². The van der Waals surface area contributed by atoms with Crippen LogP contribution in [0.3, 0.4) is 0 Å². The number of aldehydes is 1. The van der Waals surface area contributed by atoms with Gasteiger partial charge < -0.3 is 25.1 Å². The minimum atomic E-state index is -0.308. The monoisotopic (exact) mass is 819 g/mol. The lowest BCUT2D eigenvalue weighted by atomic mass is 9.72. The van der Waals surface area contributed by atoms with Crippen molar-refractivity contribution >= 4 is 52.5 Å². The second-order valence-electron chi connectivity index (χ2n) is 16.4. The van der Waals surface area contributed by atoms with E-state index in [1.54, 1.807) is 0 Å². The molecule has 58 heavy (non-hydrogen) atoms. The first kappa shape index (κ1) is 42.0. The van der Waals surface area contributed by atoms with Crippen LogP contribution in [0.5, 0.6) is 0 Å². The lowest BCUT2D eigenvalue weighted by Gasteiger charge is -2.39. The number of aryl methyl sites for hydroxylation is 1. The van der Waals surface area contributed by atoms with Crippen molar-refractivity contribution in [3.05, 3.63) is 130 Å². The summed E-state index contributed by atoms with van der Waals surface area (Å²) < 4.78 is 5.56. The predicted octanol–water partition coefficient (Wildman–Crippen LogP) is 8.84. The van der Waals surface area contributed by atoms with E-state index in [0.717, 1.165) is 125 Å². The summed E-state index contributed by atoms with van der Waals surface area (Å²) in [5, 5.41) is 7.73. The number of carbonyl (C=O) groups is 2. The molecule has 0 saturated carbocycles. The number of nitrogens with zero attached hydrogens (tertiary/aromatic N) is 3. The molecule has 10 heteroatoms. The summed E-state index contributed by atoms with van der Waals surface area (Å²) in [5.74, 6) is 0.908. The molecule has 0 radical (unpaired) electrons. The minimum absolute atomic E-state index is 0.0723. The summed E-state index contributed by atoms with van der Waals surface area (Å²) >= 11 is 8.09. The van der Waals surface area contributed by atoms with Crippen LogP contribution in [0.25, 0.3) is 5.57 Å². The highest BCUT2D eigenvalue weighted by molar-refractivity contribution is 7.99. The zero-order valence-electron chi connectivity index (χ0n) is 34.1. The highest BCUT2D eigenvalue weighted by atomic mass is 35.5. The molecule has 2 N–H and O–H groups in total. The van der Waals surface area contributed by atoms with Crippen molar-refractivity contribution in [1.82, 2.24) is 15.1 Å². The minimum Gasteiger partial charge on any atom is -0.381 e. The second-order valence-corrected chi connectivity index (χ2v) is 17.9. The first-order valence-corrected chi connectivity index (χ1v) is 22.2. The number of thioether (sulfide) groups is 1. The van der Waals surface area contributed by atoms with Gasteiger partial charge in [-0.2, -0.15) is 0 Å². The van der Waals surface area contributed by atoms with Gasteiger partial charge >= 0.3 is 0 Å². The maximum Gasteiger partial charge on any atom is 0.251 e. The van der Waals surface area contributed by atoms with Gasteiger partial charge in [-0.25, -0.2) is 0 Å². The van der Waals surface area contributed by atoms with Gasteiger partial charge in [0.2, 0.25) is 0 Å². The van der Waals surface area contributed by atoms with Crippen molar-refractivity contribution in [2.45, 2.75) is 57.0 Å². The van der Waals surface area contributed by atoms with Gasteiger partial charge in [0.05, 0.1) is 13.2 Å². The molecule has 0 bridgehead atoms. The molecule has 8 nitrogen and oxygen atoms in total. The molecule has 0 aromatic heterocycles. The van der Waals surface area contributed by atoms with Crippen molar-refractivity contribution in [2.24, 2.45) is 5.41 Å². The highest BCUT2D eigenvalue weighted by Gasteiger charge is 2.32. The summed E-state index contributed by atoms with van der Waals surface area (Å²) in [7, 11) is 0. The molecule has 7 rings (SSSR count). The Morgan fingerprint density at radius 1 is 0.914 bits per heavy atom. The van der Waals surface area contributed by atoms with Crippen LogP contribution in [-0.2, 0) is 16.1 Å². The van der Waals surface area contributed by atoms with Crippen molar-refractivity contribution in [2.75, 3.05) is 81.5 Å². The Hall–Kier alpha value is -4.12. The molecular formula is C48H58ClN5O3S. The molecule has 1 amide bonds. The number of halogens is 1. The van der Waals surface area contributed by atoms with Gasteiger partial charge in [0.1, 0.15) is 6.29 Å². The maximum atomic E-state index is 13.2. The smallest absolute Gasteiger partial charge is 0.251 e. The molecule has 2 heterocycles. The van der Waals surface area contributed by atoms with Crippen LogP contribution in [0.15, 0.2) is 108 Å². The Morgan fingerprint density at radius 3 is 2.36 bits per heavy atom. The average Bonchev–Trinajstić information content (AvgIpc) is 3.26. The average molecular weight is 821 g/mol. The number of rotatable bonds is 16. The van der Waals surface area contributed by atoms with Gasteiger partial charge in [0.25, 0.3) is 5.91 Å². The van der Waals surface area contributed by atoms with Gasteiger partial charge in [0, 0.05) is 103 Å². The summed E-state index contributed by atoms with van der Waals surface area (Å²) in [4.78, 5) is 34.0. The number of ether oxygens (including phenoxy) is 1. The molecule has 2 fully saturated rings. The number of hydrogen-bond donors (Lipinski definition) is 2. The number of morpholine rings is 1. The van der Waals surface area contributed by atoms with Gasteiger partial charge in [-0.1, -0.05) is 66.6 Å².